The van der Waals surface area contributed by atoms with E-state index in [9.17, 15) is 4.79 Å². The van der Waals surface area contributed by atoms with E-state index >= 15 is 0 Å². The largest absolute Gasteiger partial charge is 0.465 e. The van der Waals surface area contributed by atoms with E-state index in [2.05, 4.69) is 24.5 Å². The van der Waals surface area contributed by atoms with Crippen molar-refractivity contribution in [2.24, 2.45) is 0 Å². The highest BCUT2D eigenvalue weighted by Gasteiger charge is 2.11. The van der Waals surface area contributed by atoms with Gasteiger partial charge in [0.2, 0.25) is 0 Å². The van der Waals surface area contributed by atoms with Gasteiger partial charge in [0.1, 0.15) is 5.00 Å². The maximum atomic E-state index is 10.6. The molecule has 1 aromatic rings. The third-order valence-electron chi connectivity index (χ3n) is 2.22. The van der Waals surface area contributed by atoms with E-state index in [0.29, 0.717) is 0 Å². The monoisotopic (exact) mass is 227 g/mol. The first kappa shape index (κ1) is 12.0. The molecule has 0 spiro atoms. The Labute approximate surface area is 94.1 Å². The van der Waals surface area contributed by atoms with Crippen molar-refractivity contribution >= 4 is 22.4 Å². The number of anilines is 1. The number of carbonyl (C=O) groups is 1. The molecule has 0 bridgehead atoms. The number of rotatable bonds is 5. The van der Waals surface area contributed by atoms with E-state index in [1.54, 1.807) is 0 Å². The van der Waals surface area contributed by atoms with Crippen LogP contribution in [-0.2, 0) is 12.8 Å². The summed E-state index contributed by atoms with van der Waals surface area (Å²) in [4.78, 5) is 10.6. The number of amides is 1. The second-order valence-electron chi connectivity index (χ2n) is 3.50. The fourth-order valence-electron chi connectivity index (χ4n) is 1.62. The Morgan fingerprint density at radius 2 is 2.07 bits per heavy atom. The van der Waals surface area contributed by atoms with Gasteiger partial charge in [-0.15, -0.1) is 11.3 Å². The molecule has 0 aliphatic heterocycles. The lowest BCUT2D eigenvalue weighted by atomic mass is 10.0. The van der Waals surface area contributed by atoms with Crippen LogP contribution in [0.1, 0.15) is 37.8 Å². The summed E-state index contributed by atoms with van der Waals surface area (Å²) in [6.45, 7) is 4.25. The molecule has 2 N–H and O–H groups in total. The molecule has 0 saturated carbocycles. The van der Waals surface area contributed by atoms with E-state index in [4.69, 9.17) is 5.11 Å². The van der Waals surface area contributed by atoms with Crippen molar-refractivity contribution in [2.45, 2.75) is 39.5 Å². The normalized spacial score (nSPS) is 10.3. The van der Waals surface area contributed by atoms with Gasteiger partial charge in [0, 0.05) is 0 Å². The molecule has 1 aromatic heterocycles. The second-order valence-corrected chi connectivity index (χ2v) is 4.38. The maximum absolute atomic E-state index is 10.6. The zero-order valence-electron chi connectivity index (χ0n) is 9.17. The van der Waals surface area contributed by atoms with Gasteiger partial charge in [-0.2, -0.15) is 0 Å². The molecule has 15 heavy (non-hydrogen) atoms. The molecule has 0 aliphatic carbocycles. The van der Waals surface area contributed by atoms with Crippen molar-refractivity contribution in [3.63, 3.8) is 0 Å². The summed E-state index contributed by atoms with van der Waals surface area (Å²) in [7, 11) is 0. The zero-order valence-corrected chi connectivity index (χ0v) is 9.99. The van der Waals surface area contributed by atoms with Crippen LogP contribution in [0.25, 0.3) is 0 Å². The molecule has 1 amide bonds. The number of nitrogens with one attached hydrogen (secondary N) is 1. The molecule has 0 fully saturated rings. The molecule has 1 rings (SSSR count). The van der Waals surface area contributed by atoms with Gasteiger partial charge in [-0.3, -0.25) is 5.32 Å². The average Bonchev–Trinajstić information content (AvgIpc) is 2.51. The van der Waals surface area contributed by atoms with Gasteiger partial charge >= 0.3 is 6.09 Å². The molecule has 1 heterocycles. The quantitative estimate of drug-likeness (QED) is 0.805. The summed E-state index contributed by atoms with van der Waals surface area (Å²) < 4.78 is 0. The fraction of sp³-hybridized carbons (Fsp3) is 0.545. The molecular weight excluding hydrogens is 210 g/mol. The van der Waals surface area contributed by atoms with Crippen LogP contribution in [0.15, 0.2) is 5.38 Å². The molecule has 0 aromatic carbocycles. The maximum Gasteiger partial charge on any atom is 0.409 e. The van der Waals surface area contributed by atoms with Gasteiger partial charge in [0.25, 0.3) is 0 Å². The van der Waals surface area contributed by atoms with Crippen molar-refractivity contribution < 1.29 is 9.90 Å². The molecule has 0 unspecified atom stereocenters. The predicted molar refractivity (Wildman–Crippen MR) is 64.0 cm³/mol. The van der Waals surface area contributed by atoms with Crippen LogP contribution in [-0.4, -0.2) is 11.2 Å². The number of hydrogen-bond acceptors (Lipinski definition) is 2. The lowest BCUT2D eigenvalue weighted by Gasteiger charge is -2.05. The Morgan fingerprint density at radius 1 is 1.40 bits per heavy atom. The second kappa shape index (κ2) is 5.75. The van der Waals surface area contributed by atoms with Crippen molar-refractivity contribution in [1.29, 1.82) is 0 Å². The molecule has 3 nitrogen and oxygen atoms in total. The SMILES string of the molecule is CCCc1csc(NC(=O)O)c1CCC. The van der Waals surface area contributed by atoms with Crippen LogP contribution in [0.3, 0.4) is 0 Å². The minimum atomic E-state index is -0.975. The lowest BCUT2D eigenvalue weighted by molar-refractivity contribution is 0.210. The summed E-state index contributed by atoms with van der Waals surface area (Å²) in [5.41, 5.74) is 2.49. The third-order valence-corrected chi connectivity index (χ3v) is 3.21. The highest BCUT2D eigenvalue weighted by Crippen LogP contribution is 2.30. The molecule has 0 atom stereocenters. The van der Waals surface area contributed by atoms with E-state index in [1.807, 2.05) is 0 Å². The lowest BCUT2D eigenvalue weighted by Crippen LogP contribution is -2.07. The van der Waals surface area contributed by atoms with Gasteiger partial charge < -0.3 is 5.11 Å². The minimum absolute atomic E-state index is 0.799. The summed E-state index contributed by atoms with van der Waals surface area (Å²) in [5.74, 6) is 0. The van der Waals surface area contributed by atoms with Crippen LogP contribution >= 0.6 is 11.3 Å². The van der Waals surface area contributed by atoms with Crippen LogP contribution in [0.5, 0.6) is 0 Å². The first-order valence-electron chi connectivity index (χ1n) is 5.28. The molecule has 0 aliphatic rings. The van der Waals surface area contributed by atoms with Gasteiger partial charge in [-0.05, 0) is 29.3 Å². The van der Waals surface area contributed by atoms with E-state index in [1.165, 1.54) is 22.5 Å². The van der Waals surface area contributed by atoms with Gasteiger partial charge in [0.15, 0.2) is 0 Å². The Bertz CT molecular complexity index is 333. The number of aryl methyl sites for hydroxylation is 1. The highest BCUT2D eigenvalue weighted by molar-refractivity contribution is 7.14. The van der Waals surface area contributed by atoms with Crippen LogP contribution in [0.2, 0.25) is 0 Å². The predicted octanol–water partition coefficient (Wildman–Crippen LogP) is 3.74. The van der Waals surface area contributed by atoms with Crippen molar-refractivity contribution in [2.75, 3.05) is 5.32 Å². The number of thiophene rings is 1. The summed E-state index contributed by atoms with van der Waals surface area (Å²) in [6.07, 6.45) is 3.15. The highest BCUT2D eigenvalue weighted by atomic mass is 32.1. The van der Waals surface area contributed by atoms with E-state index in [-0.39, 0.29) is 0 Å². The van der Waals surface area contributed by atoms with Crippen LogP contribution < -0.4 is 5.32 Å². The van der Waals surface area contributed by atoms with E-state index in [0.717, 1.165) is 30.7 Å². The topological polar surface area (TPSA) is 49.3 Å². The fourth-order valence-corrected chi connectivity index (χ4v) is 2.67. The van der Waals surface area contributed by atoms with Gasteiger partial charge in [-0.1, -0.05) is 26.7 Å². The summed E-state index contributed by atoms with van der Waals surface area (Å²) in [5, 5.41) is 14.0. The molecule has 0 radical (unpaired) electrons. The van der Waals surface area contributed by atoms with Crippen molar-refractivity contribution in [3.05, 3.63) is 16.5 Å². The Kier molecular flexibility index (Phi) is 4.62. The summed E-state index contributed by atoms with van der Waals surface area (Å²) in [6, 6.07) is 0. The molecule has 0 saturated heterocycles. The third kappa shape index (κ3) is 3.23. The smallest absolute Gasteiger partial charge is 0.409 e. The molecule has 4 heteroatoms. The molecule has 84 valence electrons. The number of carboxylic acid groups (broad SMARTS) is 1. The zero-order chi connectivity index (χ0) is 11.3. The van der Waals surface area contributed by atoms with Crippen molar-refractivity contribution in [1.82, 2.24) is 0 Å². The van der Waals surface area contributed by atoms with E-state index < -0.39 is 6.09 Å². The number of hydrogen-bond donors (Lipinski definition) is 2. The van der Waals surface area contributed by atoms with Crippen LogP contribution in [0.4, 0.5) is 9.80 Å². The first-order valence-corrected chi connectivity index (χ1v) is 6.16. The minimum Gasteiger partial charge on any atom is -0.465 e. The molecular formula is C11H17NO2S. The van der Waals surface area contributed by atoms with Gasteiger partial charge in [0.05, 0.1) is 0 Å². The Hall–Kier alpha value is -1.03. The van der Waals surface area contributed by atoms with Crippen molar-refractivity contribution in [3.8, 4) is 0 Å². The average molecular weight is 227 g/mol. The Balaban J connectivity index is 2.89. The van der Waals surface area contributed by atoms with Gasteiger partial charge in [-0.25, -0.2) is 4.79 Å². The standard InChI is InChI=1S/C11H17NO2S/c1-3-5-8-7-15-10(12-11(13)14)9(8)6-4-2/h7,12H,3-6H2,1-2H3,(H,13,14). The first-order chi connectivity index (χ1) is 7.19. The van der Waals surface area contributed by atoms with Crippen LogP contribution in [0, 0.1) is 0 Å². The Morgan fingerprint density at radius 3 is 2.60 bits per heavy atom. The summed E-state index contributed by atoms with van der Waals surface area (Å²) >= 11 is 1.49.